The summed E-state index contributed by atoms with van der Waals surface area (Å²) in [5, 5.41) is 15.7. The van der Waals surface area contributed by atoms with Gasteiger partial charge in [-0.05, 0) is 85.0 Å². The minimum absolute atomic E-state index is 0.0661. The molecule has 0 saturated heterocycles. The number of carbonyl (C=O) groups excluding carboxylic acids is 3. The van der Waals surface area contributed by atoms with Gasteiger partial charge in [0.15, 0.2) is 0 Å². The summed E-state index contributed by atoms with van der Waals surface area (Å²) in [7, 11) is 0. The van der Waals surface area contributed by atoms with E-state index in [-0.39, 0.29) is 29.7 Å². The SMILES string of the molecule is CC(CC(Cc1ccc(O)c(NC(=O)CCCN)c1)NC(=O)OC(C)(C)C)C(=O)OC(C)(C)C. The van der Waals surface area contributed by atoms with Crippen molar-refractivity contribution >= 4 is 23.7 Å². The van der Waals surface area contributed by atoms with E-state index >= 15 is 0 Å². The van der Waals surface area contributed by atoms with E-state index in [0.717, 1.165) is 5.56 Å². The molecule has 0 heterocycles. The van der Waals surface area contributed by atoms with Crippen LogP contribution in [0.5, 0.6) is 5.75 Å². The van der Waals surface area contributed by atoms with Crippen LogP contribution in [-0.4, -0.2) is 46.9 Å². The summed E-state index contributed by atoms with van der Waals surface area (Å²) in [6.07, 6.45) is 0.849. The number of phenolic OH excluding ortho intramolecular Hbond substituents is 1. The average Bonchev–Trinajstić information content (AvgIpc) is 2.66. The van der Waals surface area contributed by atoms with E-state index in [4.69, 9.17) is 15.2 Å². The number of nitrogens with one attached hydrogen (secondary N) is 2. The van der Waals surface area contributed by atoms with Crippen molar-refractivity contribution in [3.63, 3.8) is 0 Å². The van der Waals surface area contributed by atoms with Crippen molar-refractivity contribution in [2.24, 2.45) is 11.7 Å². The normalized spacial score (nSPS) is 13.5. The lowest BCUT2D eigenvalue weighted by atomic mass is 9.95. The van der Waals surface area contributed by atoms with Gasteiger partial charge in [-0.25, -0.2) is 4.79 Å². The van der Waals surface area contributed by atoms with Crippen LogP contribution in [0.4, 0.5) is 10.5 Å². The molecule has 0 fully saturated rings. The number of rotatable bonds is 10. The highest BCUT2D eigenvalue weighted by Gasteiger charge is 2.27. The van der Waals surface area contributed by atoms with Crippen molar-refractivity contribution in [2.45, 2.75) is 91.4 Å². The number of nitrogens with two attached hydrogens (primary N) is 1. The Morgan fingerprint density at radius 1 is 1.06 bits per heavy atom. The molecule has 5 N–H and O–H groups in total. The average molecular weight is 480 g/mol. The predicted octanol–water partition coefficient (Wildman–Crippen LogP) is 3.87. The Kier molecular flexibility index (Phi) is 10.8. The van der Waals surface area contributed by atoms with Gasteiger partial charge >= 0.3 is 12.1 Å². The first-order valence-electron chi connectivity index (χ1n) is 11.6. The van der Waals surface area contributed by atoms with Crippen LogP contribution in [0, 0.1) is 5.92 Å². The number of hydrogen-bond donors (Lipinski definition) is 4. The zero-order valence-electron chi connectivity index (χ0n) is 21.5. The third-order valence-electron chi connectivity index (χ3n) is 4.59. The van der Waals surface area contributed by atoms with Crippen LogP contribution in [0.1, 0.15) is 73.3 Å². The molecule has 1 rings (SSSR count). The van der Waals surface area contributed by atoms with Gasteiger partial charge in [0, 0.05) is 12.5 Å². The van der Waals surface area contributed by atoms with Crippen molar-refractivity contribution in [1.82, 2.24) is 5.32 Å². The summed E-state index contributed by atoms with van der Waals surface area (Å²) in [4.78, 5) is 37.0. The molecule has 2 amide bonds. The second kappa shape index (κ2) is 12.6. The number of benzene rings is 1. The molecule has 1 aromatic rings. The van der Waals surface area contributed by atoms with Crippen molar-refractivity contribution in [3.05, 3.63) is 23.8 Å². The van der Waals surface area contributed by atoms with Crippen molar-refractivity contribution in [3.8, 4) is 5.75 Å². The third-order valence-corrected chi connectivity index (χ3v) is 4.59. The van der Waals surface area contributed by atoms with Gasteiger partial charge in [0.2, 0.25) is 5.91 Å². The van der Waals surface area contributed by atoms with Crippen LogP contribution < -0.4 is 16.4 Å². The molecule has 0 spiro atoms. The summed E-state index contributed by atoms with van der Waals surface area (Å²) in [6.45, 7) is 12.8. The van der Waals surface area contributed by atoms with E-state index < -0.39 is 29.3 Å². The summed E-state index contributed by atoms with van der Waals surface area (Å²) in [6, 6.07) is 4.38. The molecule has 2 unspecified atom stereocenters. The first-order chi connectivity index (χ1) is 15.6. The van der Waals surface area contributed by atoms with Crippen molar-refractivity contribution in [2.75, 3.05) is 11.9 Å². The molecule has 0 radical (unpaired) electrons. The van der Waals surface area contributed by atoms with Gasteiger partial charge in [0.1, 0.15) is 17.0 Å². The third kappa shape index (κ3) is 11.9. The Morgan fingerprint density at radius 3 is 2.24 bits per heavy atom. The highest BCUT2D eigenvalue weighted by Crippen LogP contribution is 2.26. The molecule has 0 aliphatic heterocycles. The van der Waals surface area contributed by atoms with Crippen LogP contribution in [0.2, 0.25) is 0 Å². The number of anilines is 1. The monoisotopic (exact) mass is 479 g/mol. The Labute approximate surface area is 202 Å². The Balaban J connectivity index is 3.03. The van der Waals surface area contributed by atoms with E-state index in [1.54, 1.807) is 60.6 Å². The van der Waals surface area contributed by atoms with Crippen LogP contribution >= 0.6 is 0 Å². The van der Waals surface area contributed by atoms with E-state index in [2.05, 4.69) is 10.6 Å². The van der Waals surface area contributed by atoms with Crippen LogP contribution in [0.25, 0.3) is 0 Å². The highest BCUT2D eigenvalue weighted by molar-refractivity contribution is 5.92. The maximum absolute atomic E-state index is 12.5. The molecule has 34 heavy (non-hydrogen) atoms. The lowest BCUT2D eigenvalue weighted by Gasteiger charge is -2.27. The molecule has 192 valence electrons. The van der Waals surface area contributed by atoms with E-state index in [1.165, 1.54) is 6.07 Å². The molecule has 0 bridgehead atoms. The zero-order chi connectivity index (χ0) is 26.1. The fourth-order valence-electron chi connectivity index (χ4n) is 3.16. The quantitative estimate of drug-likeness (QED) is 0.295. The molecular formula is C25H41N3O6. The number of hydrogen-bond acceptors (Lipinski definition) is 7. The Bertz CT molecular complexity index is 842. The summed E-state index contributed by atoms with van der Waals surface area (Å²) in [5.41, 5.74) is 5.18. The first-order valence-corrected chi connectivity index (χ1v) is 11.6. The lowest BCUT2D eigenvalue weighted by molar-refractivity contribution is -0.159. The summed E-state index contributed by atoms with van der Waals surface area (Å²) < 4.78 is 10.9. The number of aromatic hydroxyl groups is 1. The van der Waals surface area contributed by atoms with Gasteiger partial charge < -0.3 is 30.9 Å². The molecule has 0 saturated carbocycles. The summed E-state index contributed by atoms with van der Waals surface area (Å²) >= 11 is 0. The van der Waals surface area contributed by atoms with E-state index in [1.807, 2.05) is 0 Å². The molecule has 1 aromatic carbocycles. The van der Waals surface area contributed by atoms with Gasteiger partial charge in [0.05, 0.1) is 11.6 Å². The van der Waals surface area contributed by atoms with Gasteiger partial charge in [-0.2, -0.15) is 0 Å². The Morgan fingerprint density at radius 2 is 1.68 bits per heavy atom. The molecule has 2 atom stereocenters. The van der Waals surface area contributed by atoms with E-state index in [9.17, 15) is 19.5 Å². The number of amides is 2. The van der Waals surface area contributed by atoms with Crippen LogP contribution in [-0.2, 0) is 25.5 Å². The van der Waals surface area contributed by atoms with E-state index in [0.29, 0.717) is 25.8 Å². The topological polar surface area (TPSA) is 140 Å². The maximum atomic E-state index is 12.5. The van der Waals surface area contributed by atoms with Crippen molar-refractivity contribution < 1.29 is 29.0 Å². The summed E-state index contributed by atoms with van der Waals surface area (Å²) in [5.74, 6) is -1.16. The van der Waals surface area contributed by atoms with Gasteiger partial charge in [0.25, 0.3) is 0 Å². The molecule has 0 aromatic heterocycles. The second-order valence-electron chi connectivity index (χ2n) is 10.5. The number of esters is 1. The number of carbonyl (C=O) groups is 3. The van der Waals surface area contributed by atoms with Crippen LogP contribution in [0.3, 0.4) is 0 Å². The minimum Gasteiger partial charge on any atom is -0.506 e. The number of ether oxygens (including phenoxy) is 2. The molecule has 0 aliphatic rings. The molecule has 0 aliphatic carbocycles. The largest absolute Gasteiger partial charge is 0.506 e. The van der Waals surface area contributed by atoms with Gasteiger partial charge in [-0.15, -0.1) is 0 Å². The maximum Gasteiger partial charge on any atom is 0.407 e. The molecular weight excluding hydrogens is 438 g/mol. The smallest absolute Gasteiger partial charge is 0.407 e. The number of alkyl carbamates (subject to hydrolysis) is 1. The fourth-order valence-corrected chi connectivity index (χ4v) is 3.16. The minimum atomic E-state index is -0.676. The highest BCUT2D eigenvalue weighted by atomic mass is 16.6. The zero-order valence-corrected chi connectivity index (χ0v) is 21.5. The first kappa shape index (κ1) is 29.2. The molecule has 9 nitrogen and oxygen atoms in total. The van der Waals surface area contributed by atoms with Gasteiger partial charge in [-0.3, -0.25) is 9.59 Å². The standard InChI is InChI=1S/C25H41N3O6/c1-16(22(31)33-24(2,3)4)13-18(27-23(32)34-25(5,6)7)14-17-10-11-20(29)19(15-17)28-21(30)9-8-12-26/h10-11,15-16,18,29H,8-9,12-14,26H2,1-7H3,(H,27,32)(H,28,30). The predicted molar refractivity (Wildman–Crippen MR) is 132 cm³/mol. The Hall–Kier alpha value is -2.81. The second-order valence-corrected chi connectivity index (χ2v) is 10.5. The van der Waals surface area contributed by atoms with Crippen molar-refractivity contribution in [1.29, 1.82) is 0 Å². The number of phenols is 1. The fraction of sp³-hybridized carbons (Fsp3) is 0.640. The van der Waals surface area contributed by atoms with Crippen LogP contribution in [0.15, 0.2) is 18.2 Å². The molecule has 9 heteroatoms. The van der Waals surface area contributed by atoms with Gasteiger partial charge in [-0.1, -0.05) is 13.0 Å². The lowest BCUT2D eigenvalue weighted by Crippen LogP contribution is -2.42.